The van der Waals surface area contributed by atoms with E-state index in [-0.39, 0.29) is 30.5 Å². The number of carbonyl (C=O) groups is 1. The van der Waals surface area contributed by atoms with Gasteiger partial charge in [0, 0.05) is 36.4 Å². The zero-order valence-corrected chi connectivity index (χ0v) is 13.5. The number of aliphatic hydroxyl groups is 1. The molecule has 1 amide bonds. The Labute approximate surface area is 131 Å². The van der Waals surface area contributed by atoms with Crippen LogP contribution >= 0.6 is 0 Å². The second-order valence-electron chi connectivity index (χ2n) is 6.74. The van der Waals surface area contributed by atoms with E-state index in [1.807, 2.05) is 13.1 Å². The second-order valence-corrected chi connectivity index (χ2v) is 6.74. The van der Waals surface area contributed by atoms with Gasteiger partial charge in [0.05, 0.1) is 12.6 Å². The van der Waals surface area contributed by atoms with Crippen molar-refractivity contribution in [2.24, 2.45) is 5.92 Å². The quantitative estimate of drug-likeness (QED) is 0.775. The molecule has 1 aromatic carbocycles. The lowest BCUT2D eigenvalue weighted by Crippen LogP contribution is -2.51. The van der Waals surface area contributed by atoms with E-state index < -0.39 is 0 Å². The summed E-state index contributed by atoms with van der Waals surface area (Å²) in [6.07, 6.45) is 0.762. The molecule has 0 fully saturated rings. The molecule has 22 heavy (non-hydrogen) atoms. The molecule has 5 heteroatoms. The fourth-order valence-corrected chi connectivity index (χ4v) is 3.86. The number of likely N-dealkylation sites (N-methyl/N-ethyl adjacent to an activating group) is 1. The predicted molar refractivity (Wildman–Crippen MR) is 88.3 cm³/mol. The molecular weight excluding hydrogens is 278 g/mol. The third-order valence-electron chi connectivity index (χ3n) is 4.86. The molecule has 2 heterocycles. The van der Waals surface area contributed by atoms with Gasteiger partial charge < -0.3 is 20.6 Å². The number of nitrogens with zero attached hydrogens (tertiary/aromatic N) is 1. The average Bonchev–Trinajstić information content (AvgIpc) is 2.89. The summed E-state index contributed by atoms with van der Waals surface area (Å²) in [7, 11) is 1.99. The number of anilines is 2. The highest BCUT2D eigenvalue weighted by Gasteiger charge is 2.36. The first-order chi connectivity index (χ1) is 10.5. The maximum Gasteiger partial charge on any atom is 0.243 e. The maximum absolute atomic E-state index is 12.7. The lowest BCUT2D eigenvalue weighted by molar-refractivity contribution is -0.124. The lowest BCUT2D eigenvalue weighted by Gasteiger charge is -2.33. The molecule has 5 nitrogen and oxygen atoms in total. The van der Waals surface area contributed by atoms with E-state index in [9.17, 15) is 9.90 Å². The molecule has 120 valence electrons. The SMILES string of the molecule is CC(C)[C@H]1C(=O)N[C@H](CO)C[C@H]2CNc3cccc(c32)N1C. The van der Waals surface area contributed by atoms with Gasteiger partial charge in [0.1, 0.15) is 6.04 Å². The summed E-state index contributed by atoms with van der Waals surface area (Å²) in [6, 6.07) is 5.81. The van der Waals surface area contributed by atoms with Crippen molar-refractivity contribution in [3.05, 3.63) is 23.8 Å². The normalized spacial score (nSPS) is 27.6. The van der Waals surface area contributed by atoms with E-state index in [4.69, 9.17) is 0 Å². The van der Waals surface area contributed by atoms with Gasteiger partial charge in [-0.25, -0.2) is 0 Å². The molecular formula is C17H25N3O2. The Hall–Kier alpha value is -1.75. The summed E-state index contributed by atoms with van der Waals surface area (Å²) in [5.41, 5.74) is 3.56. The largest absolute Gasteiger partial charge is 0.394 e. The van der Waals surface area contributed by atoms with E-state index >= 15 is 0 Å². The number of amides is 1. The van der Waals surface area contributed by atoms with Gasteiger partial charge in [-0.1, -0.05) is 19.9 Å². The zero-order chi connectivity index (χ0) is 15.9. The Kier molecular flexibility index (Phi) is 4.00. The van der Waals surface area contributed by atoms with Crippen molar-refractivity contribution in [1.29, 1.82) is 0 Å². The molecule has 0 radical (unpaired) electrons. The van der Waals surface area contributed by atoms with Gasteiger partial charge in [0.2, 0.25) is 5.91 Å². The highest BCUT2D eigenvalue weighted by Crippen LogP contribution is 2.42. The molecule has 3 atom stereocenters. The van der Waals surface area contributed by atoms with Crippen molar-refractivity contribution in [3.8, 4) is 0 Å². The number of nitrogens with one attached hydrogen (secondary N) is 2. The van der Waals surface area contributed by atoms with Gasteiger partial charge in [0.15, 0.2) is 0 Å². The molecule has 1 aromatic rings. The van der Waals surface area contributed by atoms with Crippen molar-refractivity contribution in [2.45, 2.75) is 38.3 Å². The number of aliphatic hydroxyl groups excluding tert-OH is 1. The van der Waals surface area contributed by atoms with Crippen molar-refractivity contribution in [1.82, 2.24) is 5.32 Å². The van der Waals surface area contributed by atoms with Crippen LogP contribution in [0.15, 0.2) is 18.2 Å². The van der Waals surface area contributed by atoms with Gasteiger partial charge in [-0.15, -0.1) is 0 Å². The van der Waals surface area contributed by atoms with Crippen LogP contribution in [0.4, 0.5) is 11.4 Å². The van der Waals surface area contributed by atoms with E-state index in [1.54, 1.807) is 0 Å². The summed E-state index contributed by atoms with van der Waals surface area (Å²) in [6.45, 7) is 4.96. The summed E-state index contributed by atoms with van der Waals surface area (Å²) < 4.78 is 0. The number of rotatable bonds is 2. The topological polar surface area (TPSA) is 64.6 Å². The first-order valence-corrected chi connectivity index (χ1v) is 8.03. The third kappa shape index (κ3) is 2.43. The van der Waals surface area contributed by atoms with Crippen LogP contribution in [0, 0.1) is 5.92 Å². The minimum atomic E-state index is -0.236. The summed E-state index contributed by atoms with van der Waals surface area (Å²) >= 11 is 0. The first kappa shape index (κ1) is 15.2. The van der Waals surface area contributed by atoms with Gasteiger partial charge in [-0.3, -0.25) is 4.79 Å². The Morgan fingerprint density at radius 2 is 2.18 bits per heavy atom. The Balaban J connectivity index is 2.11. The summed E-state index contributed by atoms with van der Waals surface area (Å²) in [4.78, 5) is 14.8. The molecule has 0 aromatic heterocycles. The van der Waals surface area contributed by atoms with Gasteiger partial charge >= 0.3 is 0 Å². The zero-order valence-electron chi connectivity index (χ0n) is 13.5. The van der Waals surface area contributed by atoms with Gasteiger partial charge in [-0.2, -0.15) is 0 Å². The average molecular weight is 303 g/mol. The van der Waals surface area contributed by atoms with Crippen molar-refractivity contribution < 1.29 is 9.90 Å². The van der Waals surface area contributed by atoms with Crippen LogP contribution in [0.5, 0.6) is 0 Å². The number of hydrogen-bond donors (Lipinski definition) is 3. The fourth-order valence-electron chi connectivity index (χ4n) is 3.86. The Morgan fingerprint density at radius 1 is 1.41 bits per heavy atom. The Morgan fingerprint density at radius 3 is 2.86 bits per heavy atom. The lowest BCUT2D eigenvalue weighted by atomic mass is 9.92. The molecule has 0 unspecified atom stereocenters. The van der Waals surface area contributed by atoms with E-state index in [0.29, 0.717) is 5.92 Å². The first-order valence-electron chi connectivity index (χ1n) is 8.03. The van der Waals surface area contributed by atoms with Gasteiger partial charge in [-0.05, 0) is 24.5 Å². The smallest absolute Gasteiger partial charge is 0.243 e. The molecule has 0 spiro atoms. The molecule has 0 saturated carbocycles. The molecule has 0 bridgehead atoms. The number of benzene rings is 1. The van der Waals surface area contributed by atoms with E-state index in [0.717, 1.165) is 24.3 Å². The van der Waals surface area contributed by atoms with Crippen LogP contribution in [0.1, 0.15) is 31.7 Å². The van der Waals surface area contributed by atoms with Gasteiger partial charge in [0.25, 0.3) is 0 Å². The molecule has 2 aliphatic heterocycles. The molecule has 2 aliphatic rings. The molecule has 3 N–H and O–H groups in total. The summed E-state index contributed by atoms with van der Waals surface area (Å²) in [5.74, 6) is 0.505. The maximum atomic E-state index is 12.7. The fraction of sp³-hybridized carbons (Fsp3) is 0.588. The van der Waals surface area contributed by atoms with Crippen molar-refractivity contribution >= 4 is 17.3 Å². The number of hydrogen-bond acceptors (Lipinski definition) is 4. The second kappa shape index (κ2) is 5.80. The summed E-state index contributed by atoms with van der Waals surface area (Å²) in [5, 5.41) is 16.1. The standard InChI is InChI=1S/C17H25N3O2/c1-10(2)16-17(22)19-12(9-21)7-11-8-18-13-5-4-6-14(15(11)13)20(16)3/h4-6,10-12,16,18,21H,7-9H2,1-3H3,(H,19,22)/t11-,12-,16-/m0/s1. The van der Waals surface area contributed by atoms with Crippen molar-refractivity contribution in [3.63, 3.8) is 0 Å². The highest BCUT2D eigenvalue weighted by molar-refractivity contribution is 5.87. The van der Waals surface area contributed by atoms with Crippen LogP contribution in [0.3, 0.4) is 0 Å². The van der Waals surface area contributed by atoms with Crippen LogP contribution < -0.4 is 15.5 Å². The minimum absolute atomic E-state index is 0.00193. The van der Waals surface area contributed by atoms with Crippen LogP contribution in [0.2, 0.25) is 0 Å². The number of carbonyl (C=O) groups excluding carboxylic acids is 1. The van der Waals surface area contributed by atoms with Crippen LogP contribution in [-0.4, -0.2) is 43.3 Å². The molecule has 3 rings (SSSR count). The Bertz CT molecular complexity index is 573. The van der Waals surface area contributed by atoms with Crippen LogP contribution in [0.25, 0.3) is 0 Å². The predicted octanol–water partition coefficient (Wildman–Crippen LogP) is 1.54. The van der Waals surface area contributed by atoms with E-state index in [1.165, 1.54) is 5.56 Å². The highest BCUT2D eigenvalue weighted by atomic mass is 16.3. The van der Waals surface area contributed by atoms with E-state index in [2.05, 4.69) is 41.5 Å². The molecule has 0 saturated heterocycles. The monoisotopic (exact) mass is 303 g/mol. The van der Waals surface area contributed by atoms with Crippen LogP contribution in [-0.2, 0) is 4.79 Å². The molecule has 0 aliphatic carbocycles. The minimum Gasteiger partial charge on any atom is -0.394 e. The third-order valence-corrected chi connectivity index (χ3v) is 4.86. The van der Waals surface area contributed by atoms with Crippen molar-refractivity contribution in [2.75, 3.05) is 30.4 Å².